The van der Waals surface area contributed by atoms with Crippen molar-refractivity contribution in [3.05, 3.63) is 24.2 Å². The van der Waals surface area contributed by atoms with Gasteiger partial charge in [0.15, 0.2) is 11.8 Å². The van der Waals surface area contributed by atoms with Gasteiger partial charge in [-0.3, -0.25) is 9.59 Å². The van der Waals surface area contributed by atoms with Crippen LogP contribution in [0.5, 0.6) is 0 Å². The smallest absolute Gasteiger partial charge is 0.255 e. The molecule has 0 aromatic carbocycles. The Kier molecular flexibility index (Phi) is 4.82. The van der Waals surface area contributed by atoms with Crippen LogP contribution in [-0.2, 0) is 9.53 Å². The topological polar surface area (TPSA) is 80.6 Å². The van der Waals surface area contributed by atoms with E-state index < -0.39 is 6.10 Å². The first-order chi connectivity index (χ1) is 13.0. The van der Waals surface area contributed by atoms with Crippen molar-refractivity contribution in [2.75, 3.05) is 33.8 Å². The lowest BCUT2D eigenvalue weighted by atomic mass is 10.2. The molecule has 27 heavy (non-hydrogen) atoms. The molecule has 1 unspecified atom stereocenters. The second-order valence-corrected chi connectivity index (χ2v) is 7.50. The highest BCUT2D eigenvalue weighted by Crippen LogP contribution is 2.31. The molecule has 0 bridgehead atoms. The van der Waals surface area contributed by atoms with Gasteiger partial charge in [-0.1, -0.05) is 12.8 Å². The van der Waals surface area contributed by atoms with E-state index in [2.05, 4.69) is 14.5 Å². The third-order valence-corrected chi connectivity index (χ3v) is 5.45. The van der Waals surface area contributed by atoms with Crippen molar-refractivity contribution >= 4 is 23.0 Å². The number of carbonyl (C=O) groups is 2. The highest BCUT2D eigenvalue weighted by atomic mass is 16.5. The molecule has 1 saturated carbocycles. The molecule has 2 aliphatic rings. The number of likely N-dealkylation sites (N-methyl/N-ethyl adjacent to an activating group) is 1. The lowest BCUT2D eigenvalue weighted by molar-refractivity contribution is -0.145. The van der Waals surface area contributed by atoms with E-state index in [4.69, 9.17) is 4.74 Å². The quantitative estimate of drug-likeness (QED) is 0.816. The summed E-state index contributed by atoms with van der Waals surface area (Å²) in [5, 5.41) is 0. The molecule has 0 radical (unpaired) electrons. The SMILES string of the molecule is CN(C)C(=O)C1CN(C(=O)c2cnc3c(c2)ncn3C2CCCC2)CCO1. The number of imidazole rings is 1. The van der Waals surface area contributed by atoms with Crippen molar-refractivity contribution in [1.82, 2.24) is 24.3 Å². The average Bonchev–Trinajstić information content (AvgIpc) is 3.35. The molecular formula is C19H25N5O3. The number of nitrogens with zero attached hydrogens (tertiary/aromatic N) is 5. The fraction of sp³-hybridized carbons (Fsp3) is 0.579. The van der Waals surface area contributed by atoms with Crippen LogP contribution < -0.4 is 0 Å². The number of amides is 2. The summed E-state index contributed by atoms with van der Waals surface area (Å²) in [4.78, 5) is 37.2. The molecule has 144 valence electrons. The molecule has 1 aliphatic heterocycles. The molecular weight excluding hydrogens is 346 g/mol. The molecule has 4 rings (SSSR count). The summed E-state index contributed by atoms with van der Waals surface area (Å²) in [6, 6.07) is 2.26. The summed E-state index contributed by atoms with van der Waals surface area (Å²) in [6.45, 7) is 1.07. The van der Waals surface area contributed by atoms with E-state index in [9.17, 15) is 9.59 Å². The van der Waals surface area contributed by atoms with Crippen molar-refractivity contribution in [1.29, 1.82) is 0 Å². The molecule has 0 N–H and O–H groups in total. The van der Waals surface area contributed by atoms with Gasteiger partial charge in [0.2, 0.25) is 0 Å². The number of hydrogen-bond donors (Lipinski definition) is 0. The predicted octanol–water partition coefficient (Wildman–Crippen LogP) is 1.48. The molecule has 2 amide bonds. The summed E-state index contributed by atoms with van der Waals surface area (Å²) in [5.41, 5.74) is 2.07. The minimum atomic E-state index is -0.615. The Morgan fingerprint density at radius 1 is 1.22 bits per heavy atom. The number of pyridine rings is 1. The first-order valence-corrected chi connectivity index (χ1v) is 9.49. The van der Waals surface area contributed by atoms with E-state index in [1.165, 1.54) is 17.7 Å². The zero-order chi connectivity index (χ0) is 19.0. The normalized spacial score (nSPS) is 21.0. The molecule has 2 aromatic heterocycles. The van der Waals surface area contributed by atoms with Gasteiger partial charge < -0.3 is 19.1 Å². The maximum absolute atomic E-state index is 12.9. The van der Waals surface area contributed by atoms with Gasteiger partial charge in [0.1, 0.15) is 5.52 Å². The van der Waals surface area contributed by atoms with Crippen LogP contribution in [0.25, 0.3) is 11.2 Å². The molecule has 2 aromatic rings. The Morgan fingerprint density at radius 2 is 2.00 bits per heavy atom. The van der Waals surface area contributed by atoms with E-state index in [0.717, 1.165) is 24.0 Å². The van der Waals surface area contributed by atoms with E-state index in [1.807, 2.05) is 6.33 Å². The van der Waals surface area contributed by atoms with Crippen LogP contribution in [0.2, 0.25) is 0 Å². The fourth-order valence-corrected chi connectivity index (χ4v) is 3.94. The summed E-state index contributed by atoms with van der Waals surface area (Å²) in [6.07, 6.45) is 7.63. The minimum Gasteiger partial charge on any atom is -0.365 e. The van der Waals surface area contributed by atoms with Crippen LogP contribution in [-0.4, -0.2) is 76.0 Å². The van der Waals surface area contributed by atoms with Gasteiger partial charge in [-0.2, -0.15) is 0 Å². The Bertz CT molecular complexity index is 856. The summed E-state index contributed by atoms with van der Waals surface area (Å²) in [7, 11) is 3.37. The monoisotopic (exact) mass is 371 g/mol. The largest absolute Gasteiger partial charge is 0.365 e. The fourth-order valence-electron chi connectivity index (χ4n) is 3.94. The second kappa shape index (κ2) is 7.26. The van der Waals surface area contributed by atoms with Crippen LogP contribution in [0, 0.1) is 0 Å². The maximum Gasteiger partial charge on any atom is 0.255 e. The van der Waals surface area contributed by atoms with E-state index in [-0.39, 0.29) is 18.4 Å². The van der Waals surface area contributed by atoms with Gasteiger partial charge in [-0.05, 0) is 18.9 Å². The number of ether oxygens (including phenoxy) is 1. The van der Waals surface area contributed by atoms with Crippen molar-refractivity contribution < 1.29 is 14.3 Å². The molecule has 8 heteroatoms. The van der Waals surface area contributed by atoms with Gasteiger partial charge >= 0.3 is 0 Å². The van der Waals surface area contributed by atoms with Gasteiger partial charge in [-0.25, -0.2) is 9.97 Å². The molecule has 8 nitrogen and oxygen atoms in total. The van der Waals surface area contributed by atoms with Crippen molar-refractivity contribution in [3.8, 4) is 0 Å². The van der Waals surface area contributed by atoms with Crippen molar-refractivity contribution in [3.63, 3.8) is 0 Å². The molecule has 0 spiro atoms. The minimum absolute atomic E-state index is 0.128. The highest BCUT2D eigenvalue weighted by Gasteiger charge is 2.31. The van der Waals surface area contributed by atoms with Crippen molar-refractivity contribution in [2.45, 2.75) is 37.8 Å². The summed E-state index contributed by atoms with van der Waals surface area (Å²) < 4.78 is 7.67. The first-order valence-electron chi connectivity index (χ1n) is 9.49. The Labute approximate surface area is 158 Å². The maximum atomic E-state index is 12.9. The zero-order valence-corrected chi connectivity index (χ0v) is 15.8. The van der Waals surface area contributed by atoms with E-state index in [1.54, 1.807) is 31.3 Å². The van der Waals surface area contributed by atoms with Gasteiger partial charge in [-0.15, -0.1) is 0 Å². The van der Waals surface area contributed by atoms with Crippen LogP contribution in [0.3, 0.4) is 0 Å². The van der Waals surface area contributed by atoms with Crippen LogP contribution >= 0.6 is 0 Å². The molecule has 1 saturated heterocycles. The Morgan fingerprint density at radius 3 is 2.74 bits per heavy atom. The summed E-state index contributed by atoms with van der Waals surface area (Å²) in [5.74, 6) is -0.268. The summed E-state index contributed by atoms with van der Waals surface area (Å²) >= 11 is 0. The number of rotatable bonds is 3. The van der Waals surface area contributed by atoms with Gasteiger partial charge in [0.25, 0.3) is 11.8 Å². The lowest BCUT2D eigenvalue weighted by Crippen LogP contribution is -2.51. The van der Waals surface area contributed by atoms with E-state index in [0.29, 0.717) is 24.8 Å². The number of aromatic nitrogens is 3. The standard InChI is InChI=1S/C19H25N5O3/c1-22(2)19(26)16-11-23(7-8-27-16)18(25)13-9-15-17(20-10-13)24(12-21-15)14-5-3-4-6-14/h9-10,12,14,16H,3-8,11H2,1-2H3. The third kappa shape index (κ3) is 3.41. The second-order valence-electron chi connectivity index (χ2n) is 7.50. The van der Waals surface area contributed by atoms with Gasteiger partial charge in [0.05, 0.1) is 25.0 Å². The number of carbonyl (C=O) groups excluding carboxylic acids is 2. The lowest BCUT2D eigenvalue weighted by Gasteiger charge is -2.33. The zero-order valence-electron chi connectivity index (χ0n) is 15.8. The van der Waals surface area contributed by atoms with E-state index >= 15 is 0 Å². The van der Waals surface area contributed by atoms with Gasteiger partial charge in [0, 0.05) is 32.9 Å². The molecule has 3 heterocycles. The van der Waals surface area contributed by atoms with Crippen molar-refractivity contribution in [2.24, 2.45) is 0 Å². The third-order valence-electron chi connectivity index (χ3n) is 5.45. The van der Waals surface area contributed by atoms with Crippen LogP contribution in [0.15, 0.2) is 18.6 Å². The Hall–Kier alpha value is -2.48. The van der Waals surface area contributed by atoms with Crippen LogP contribution in [0.4, 0.5) is 0 Å². The molecule has 1 aliphatic carbocycles. The highest BCUT2D eigenvalue weighted by molar-refractivity contribution is 5.97. The molecule has 1 atom stereocenters. The van der Waals surface area contributed by atoms with Crippen LogP contribution in [0.1, 0.15) is 42.1 Å². The number of fused-ring (bicyclic) bond motifs is 1. The Balaban J connectivity index is 1.53. The first kappa shape index (κ1) is 17.9. The average molecular weight is 371 g/mol. The molecule has 2 fully saturated rings. The number of morpholine rings is 1. The predicted molar refractivity (Wildman–Crippen MR) is 99.4 cm³/mol. The number of hydrogen-bond acceptors (Lipinski definition) is 5.